The van der Waals surface area contributed by atoms with E-state index in [1.165, 1.54) is 0 Å². The summed E-state index contributed by atoms with van der Waals surface area (Å²) in [5, 5.41) is 0. The minimum atomic E-state index is -0.0867. The number of carbonyl (C=O) groups is 2. The van der Waals surface area contributed by atoms with Gasteiger partial charge in [-0.1, -0.05) is 12.1 Å². The maximum atomic E-state index is 13.5. The van der Waals surface area contributed by atoms with Gasteiger partial charge in [-0.3, -0.25) is 9.59 Å². The molecule has 0 saturated carbocycles. The van der Waals surface area contributed by atoms with Crippen LogP contribution < -0.4 is 4.74 Å². The maximum absolute atomic E-state index is 13.5. The van der Waals surface area contributed by atoms with E-state index in [1.807, 2.05) is 64.4 Å². The van der Waals surface area contributed by atoms with E-state index >= 15 is 0 Å². The number of likely N-dealkylation sites (tertiary alicyclic amines) is 2. The van der Waals surface area contributed by atoms with Gasteiger partial charge in [0.15, 0.2) is 5.82 Å². The first-order valence-electron chi connectivity index (χ1n) is 11.8. The molecule has 2 aromatic carbocycles. The fraction of sp³-hybridized carbons (Fsp3) is 0.333. The van der Waals surface area contributed by atoms with Crippen molar-refractivity contribution in [2.75, 3.05) is 20.2 Å². The summed E-state index contributed by atoms with van der Waals surface area (Å²) in [4.78, 5) is 38.5. The second-order valence-electron chi connectivity index (χ2n) is 8.81. The molecule has 1 atom stereocenters. The maximum Gasteiger partial charge on any atom is 0.254 e. The van der Waals surface area contributed by atoms with E-state index in [1.54, 1.807) is 13.3 Å². The summed E-state index contributed by atoms with van der Waals surface area (Å²) < 4.78 is 5.24. The van der Waals surface area contributed by atoms with Crippen molar-refractivity contribution in [3.8, 4) is 17.1 Å². The van der Waals surface area contributed by atoms with Gasteiger partial charge in [-0.2, -0.15) is 0 Å². The predicted molar refractivity (Wildman–Crippen MR) is 128 cm³/mol. The van der Waals surface area contributed by atoms with Crippen LogP contribution in [0.2, 0.25) is 0 Å². The normalized spacial score (nSPS) is 17.9. The Bertz CT molecular complexity index is 1190. The van der Waals surface area contributed by atoms with Crippen LogP contribution in [0.25, 0.3) is 11.4 Å². The van der Waals surface area contributed by atoms with Crippen molar-refractivity contribution in [2.45, 2.75) is 38.3 Å². The number of hydrogen-bond donors (Lipinski definition) is 0. The monoisotopic (exact) mass is 456 g/mol. The van der Waals surface area contributed by atoms with Crippen LogP contribution in [0.3, 0.4) is 0 Å². The summed E-state index contributed by atoms with van der Waals surface area (Å²) in [6, 6.07) is 17.1. The Balaban J connectivity index is 1.35. The van der Waals surface area contributed by atoms with Crippen molar-refractivity contribution in [1.29, 1.82) is 0 Å². The fourth-order valence-corrected chi connectivity index (χ4v) is 4.81. The Morgan fingerprint density at radius 3 is 2.71 bits per heavy atom. The molecule has 3 aromatic rings. The van der Waals surface area contributed by atoms with E-state index in [2.05, 4.69) is 4.98 Å². The van der Waals surface area contributed by atoms with E-state index in [0.717, 1.165) is 48.4 Å². The number of aromatic nitrogens is 2. The molecule has 0 N–H and O–H groups in total. The molecule has 2 aliphatic rings. The Kier molecular flexibility index (Phi) is 6.25. The smallest absolute Gasteiger partial charge is 0.254 e. The Morgan fingerprint density at radius 2 is 1.94 bits per heavy atom. The molecule has 2 fully saturated rings. The predicted octanol–water partition coefficient (Wildman–Crippen LogP) is 4.25. The van der Waals surface area contributed by atoms with Gasteiger partial charge >= 0.3 is 0 Å². The highest BCUT2D eigenvalue weighted by molar-refractivity contribution is 5.95. The van der Waals surface area contributed by atoms with Crippen LogP contribution in [0.15, 0.2) is 60.8 Å². The number of nitrogens with zero attached hydrogens (tertiary/aromatic N) is 4. The largest absolute Gasteiger partial charge is 0.497 e. The molecule has 1 aromatic heterocycles. The molecular weight excluding hydrogens is 428 g/mol. The molecular formula is C27H28N4O3. The summed E-state index contributed by atoms with van der Waals surface area (Å²) >= 11 is 0. The highest BCUT2D eigenvalue weighted by Crippen LogP contribution is 2.33. The summed E-state index contributed by atoms with van der Waals surface area (Å²) in [5.41, 5.74) is 3.40. The Labute approximate surface area is 199 Å². The van der Waals surface area contributed by atoms with Crippen molar-refractivity contribution in [3.63, 3.8) is 0 Å². The Hall–Kier alpha value is -3.74. The van der Waals surface area contributed by atoms with Crippen molar-refractivity contribution < 1.29 is 14.3 Å². The number of carbonyl (C=O) groups excluding carboxylic acids is 2. The molecule has 7 nitrogen and oxygen atoms in total. The van der Waals surface area contributed by atoms with Crippen molar-refractivity contribution in [1.82, 2.24) is 19.8 Å². The summed E-state index contributed by atoms with van der Waals surface area (Å²) in [5.74, 6) is 1.61. The highest BCUT2D eigenvalue weighted by atomic mass is 16.5. The molecule has 2 amide bonds. The average Bonchev–Trinajstić information content (AvgIpc) is 3.53. The highest BCUT2D eigenvalue weighted by Gasteiger charge is 2.32. The summed E-state index contributed by atoms with van der Waals surface area (Å²) in [6.45, 7) is 2.04. The van der Waals surface area contributed by atoms with Gasteiger partial charge in [-0.05, 0) is 67.3 Å². The molecule has 7 heteroatoms. The van der Waals surface area contributed by atoms with Crippen molar-refractivity contribution >= 4 is 11.8 Å². The van der Waals surface area contributed by atoms with Gasteiger partial charge in [0.2, 0.25) is 5.91 Å². The van der Waals surface area contributed by atoms with Crippen LogP contribution in [0.4, 0.5) is 0 Å². The molecule has 0 bridgehead atoms. The number of methoxy groups -OCH3 is 1. The van der Waals surface area contributed by atoms with Crippen LogP contribution in [-0.2, 0) is 11.3 Å². The van der Waals surface area contributed by atoms with Crippen LogP contribution in [0, 0.1) is 0 Å². The quantitative estimate of drug-likeness (QED) is 0.554. The molecule has 174 valence electrons. The molecule has 34 heavy (non-hydrogen) atoms. The third-order valence-corrected chi connectivity index (χ3v) is 6.60. The SMILES string of the molecule is COc1ccc(-c2nccc([C@H]3CCCN3C(=O)c3cccc(CN4CCCC4=O)c3)n2)cc1. The molecule has 0 spiro atoms. The van der Waals surface area contributed by atoms with E-state index < -0.39 is 0 Å². The van der Waals surface area contributed by atoms with Crippen LogP contribution in [0.5, 0.6) is 5.75 Å². The van der Waals surface area contributed by atoms with Crippen LogP contribution in [0.1, 0.15) is 53.3 Å². The number of benzene rings is 2. The Morgan fingerprint density at radius 1 is 1.09 bits per heavy atom. The second kappa shape index (κ2) is 9.63. The minimum absolute atomic E-state index is 0.00158. The van der Waals surface area contributed by atoms with Crippen LogP contribution in [-0.4, -0.2) is 51.8 Å². The van der Waals surface area contributed by atoms with Crippen LogP contribution >= 0.6 is 0 Å². The molecule has 3 heterocycles. The standard InChI is InChI=1S/C27H28N4O3/c1-34-22-11-9-20(10-12-22)26-28-14-13-23(29-26)24-7-3-16-31(24)27(33)21-6-2-5-19(17-21)18-30-15-4-8-25(30)32/h2,5-6,9-14,17,24H,3-4,7-8,15-16,18H2,1H3/t24-/m1/s1. The van der Waals surface area contributed by atoms with Gasteiger partial charge in [0.1, 0.15) is 5.75 Å². The second-order valence-corrected chi connectivity index (χ2v) is 8.81. The van der Waals surface area contributed by atoms with Crippen molar-refractivity contribution in [3.05, 3.63) is 77.6 Å². The van der Waals surface area contributed by atoms with Gasteiger partial charge in [0.25, 0.3) is 5.91 Å². The lowest BCUT2D eigenvalue weighted by Gasteiger charge is -2.25. The fourth-order valence-electron chi connectivity index (χ4n) is 4.81. The van der Waals surface area contributed by atoms with E-state index in [0.29, 0.717) is 30.9 Å². The van der Waals surface area contributed by atoms with Gasteiger partial charge in [-0.25, -0.2) is 9.97 Å². The molecule has 2 saturated heterocycles. The van der Waals surface area contributed by atoms with Gasteiger partial charge in [0.05, 0.1) is 18.8 Å². The molecule has 5 rings (SSSR count). The topological polar surface area (TPSA) is 75.6 Å². The minimum Gasteiger partial charge on any atom is -0.497 e. The average molecular weight is 457 g/mol. The number of hydrogen-bond acceptors (Lipinski definition) is 5. The summed E-state index contributed by atoms with van der Waals surface area (Å²) in [6.07, 6.45) is 5.08. The van der Waals surface area contributed by atoms with Gasteiger partial charge in [0, 0.05) is 43.4 Å². The van der Waals surface area contributed by atoms with Crippen molar-refractivity contribution in [2.24, 2.45) is 0 Å². The zero-order valence-electron chi connectivity index (χ0n) is 19.3. The first-order valence-corrected chi connectivity index (χ1v) is 11.8. The lowest BCUT2D eigenvalue weighted by molar-refractivity contribution is -0.128. The van der Waals surface area contributed by atoms with E-state index in [9.17, 15) is 9.59 Å². The van der Waals surface area contributed by atoms with Gasteiger partial charge in [-0.15, -0.1) is 0 Å². The van der Waals surface area contributed by atoms with E-state index in [-0.39, 0.29) is 17.9 Å². The lowest BCUT2D eigenvalue weighted by Crippen LogP contribution is -2.31. The summed E-state index contributed by atoms with van der Waals surface area (Å²) in [7, 11) is 1.64. The zero-order chi connectivity index (χ0) is 23.5. The first-order chi connectivity index (χ1) is 16.6. The third-order valence-electron chi connectivity index (χ3n) is 6.60. The number of ether oxygens (including phenoxy) is 1. The first kappa shape index (κ1) is 22.1. The zero-order valence-corrected chi connectivity index (χ0v) is 19.3. The number of amides is 2. The lowest BCUT2D eigenvalue weighted by atomic mass is 10.1. The van der Waals surface area contributed by atoms with E-state index in [4.69, 9.17) is 9.72 Å². The van der Waals surface area contributed by atoms with Gasteiger partial charge < -0.3 is 14.5 Å². The molecule has 0 unspecified atom stereocenters. The molecule has 0 radical (unpaired) electrons. The number of rotatable bonds is 6. The molecule has 0 aliphatic carbocycles. The third kappa shape index (κ3) is 4.51. The molecule has 2 aliphatic heterocycles.